The normalized spacial score (nSPS) is 11.2. The minimum atomic E-state index is 0.782. The van der Waals surface area contributed by atoms with Gasteiger partial charge in [-0.05, 0) is 44.0 Å². The average molecular weight is 350 g/mol. The van der Waals surface area contributed by atoms with Crippen LogP contribution in [0.3, 0.4) is 0 Å². The van der Waals surface area contributed by atoms with E-state index in [0.29, 0.717) is 0 Å². The molecular weight excluding hydrogens is 334 g/mol. The number of nitrogens with one attached hydrogen (secondary N) is 1. The van der Waals surface area contributed by atoms with Gasteiger partial charge in [-0.1, -0.05) is 15.9 Å². The van der Waals surface area contributed by atoms with Crippen molar-refractivity contribution < 1.29 is 0 Å². The summed E-state index contributed by atoms with van der Waals surface area (Å²) in [5, 5.41) is 5.57. The Bertz CT molecular complexity index is 750. The Morgan fingerprint density at radius 3 is 2.65 bits per heavy atom. The predicted octanol–water partition coefficient (Wildman–Crippen LogP) is 4.70. The maximum Gasteiger partial charge on any atom is 0.194 e. The number of anilines is 1. The topological polar surface area (TPSA) is 29.3 Å². The highest BCUT2D eigenvalue weighted by molar-refractivity contribution is 9.10. The fourth-order valence-corrected chi connectivity index (χ4v) is 3.39. The van der Waals surface area contributed by atoms with Crippen LogP contribution in [0.1, 0.15) is 22.5 Å². The summed E-state index contributed by atoms with van der Waals surface area (Å²) in [6.45, 7) is 7.08. The monoisotopic (exact) mass is 349 g/mol. The number of benzene rings is 1. The Morgan fingerprint density at radius 1 is 1.25 bits per heavy atom. The van der Waals surface area contributed by atoms with E-state index >= 15 is 0 Å². The first-order valence-corrected chi connectivity index (χ1v) is 8.15. The number of aromatic nitrogens is 2. The fourth-order valence-electron chi connectivity index (χ4n) is 2.39. The van der Waals surface area contributed by atoms with Crippen LogP contribution < -0.4 is 5.32 Å². The van der Waals surface area contributed by atoms with Crippen molar-refractivity contribution in [2.75, 3.05) is 5.32 Å². The van der Waals surface area contributed by atoms with E-state index in [4.69, 9.17) is 0 Å². The van der Waals surface area contributed by atoms with E-state index in [2.05, 4.69) is 75.1 Å². The Balaban J connectivity index is 1.86. The summed E-state index contributed by atoms with van der Waals surface area (Å²) < 4.78 is 3.34. The van der Waals surface area contributed by atoms with Crippen molar-refractivity contribution in [2.45, 2.75) is 27.3 Å². The molecule has 0 unspecified atom stereocenters. The lowest BCUT2D eigenvalue weighted by molar-refractivity contribution is 0.993. The van der Waals surface area contributed by atoms with Crippen LogP contribution in [0.5, 0.6) is 0 Å². The van der Waals surface area contributed by atoms with E-state index in [-0.39, 0.29) is 0 Å². The lowest BCUT2D eigenvalue weighted by atomic mass is 10.1. The van der Waals surface area contributed by atoms with Gasteiger partial charge in [-0.3, -0.25) is 4.40 Å². The van der Waals surface area contributed by atoms with E-state index < -0.39 is 0 Å². The molecule has 0 saturated heterocycles. The van der Waals surface area contributed by atoms with E-state index in [1.54, 1.807) is 11.3 Å². The third-order valence-corrected chi connectivity index (χ3v) is 5.47. The second kappa shape index (κ2) is 5.22. The molecule has 1 N–H and O–H groups in total. The molecule has 0 radical (unpaired) electrons. The van der Waals surface area contributed by atoms with E-state index in [1.165, 1.54) is 21.3 Å². The smallest absolute Gasteiger partial charge is 0.194 e. The number of rotatable bonds is 3. The van der Waals surface area contributed by atoms with Gasteiger partial charge in [0.25, 0.3) is 0 Å². The third kappa shape index (κ3) is 2.36. The van der Waals surface area contributed by atoms with Crippen LogP contribution in [-0.2, 0) is 6.54 Å². The lowest BCUT2D eigenvalue weighted by Gasteiger charge is -2.10. The summed E-state index contributed by atoms with van der Waals surface area (Å²) in [7, 11) is 0. The summed E-state index contributed by atoms with van der Waals surface area (Å²) in [5.41, 5.74) is 5.96. The molecule has 20 heavy (non-hydrogen) atoms. The molecule has 0 fully saturated rings. The van der Waals surface area contributed by atoms with Crippen molar-refractivity contribution in [3.8, 4) is 0 Å². The zero-order chi connectivity index (χ0) is 14.3. The van der Waals surface area contributed by atoms with Crippen molar-refractivity contribution in [3.05, 3.63) is 50.7 Å². The molecule has 0 spiro atoms. The number of imidazole rings is 1. The largest absolute Gasteiger partial charge is 0.379 e. The van der Waals surface area contributed by atoms with Crippen LogP contribution in [0.2, 0.25) is 0 Å². The van der Waals surface area contributed by atoms with Gasteiger partial charge in [0.15, 0.2) is 4.96 Å². The summed E-state index contributed by atoms with van der Waals surface area (Å²) in [5.74, 6) is 0. The molecule has 1 aromatic carbocycles. The molecule has 3 aromatic rings. The maximum atomic E-state index is 4.57. The van der Waals surface area contributed by atoms with Gasteiger partial charge in [-0.2, -0.15) is 0 Å². The zero-order valence-corrected chi connectivity index (χ0v) is 14.1. The molecule has 2 aromatic heterocycles. The molecule has 3 nitrogen and oxygen atoms in total. The van der Waals surface area contributed by atoms with Gasteiger partial charge in [0.1, 0.15) is 0 Å². The number of fused-ring (bicyclic) bond motifs is 1. The number of thiazole rings is 1. The fraction of sp³-hybridized carbons (Fsp3) is 0.267. The van der Waals surface area contributed by atoms with E-state index in [9.17, 15) is 0 Å². The maximum absolute atomic E-state index is 4.57. The highest BCUT2D eigenvalue weighted by atomic mass is 79.9. The number of aryl methyl sites for hydroxylation is 3. The SMILES string of the molecule is Cc1cc(NCc2c(C)nc3sccn23)cc(C)c1Br. The molecule has 0 aliphatic rings. The minimum Gasteiger partial charge on any atom is -0.379 e. The van der Waals surface area contributed by atoms with Crippen LogP contribution in [-0.4, -0.2) is 9.38 Å². The highest BCUT2D eigenvalue weighted by Crippen LogP contribution is 2.25. The Kier molecular flexibility index (Phi) is 3.56. The number of hydrogen-bond acceptors (Lipinski definition) is 3. The molecule has 3 rings (SSSR count). The molecule has 0 aliphatic heterocycles. The Morgan fingerprint density at radius 2 is 1.95 bits per heavy atom. The predicted molar refractivity (Wildman–Crippen MR) is 88.7 cm³/mol. The summed E-state index contributed by atoms with van der Waals surface area (Å²) in [4.78, 5) is 5.63. The van der Waals surface area contributed by atoms with Crippen LogP contribution in [0.25, 0.3) is 4.96 Å². The minimum absolute atomic E-state index is 0.782. The molecular formula is C15H16BrN3S. The van der Waals surface area contributed by atoms with Gasteiger partial charge in [-0.25, -0.2) is 4.98 Å². The summed E-state index contributed by atoms with van der Waals surface area (Å²) in [6.07, 6.45) is 2.08. The first-order chi connectivity index (χ1) is 9.56. The van der Waals surface area contributed by atoms with Crippen molar-refractivity contribution in [2.24, 2.45) is 0 Å². The van der Waals surface area contributed by atoms with Gasteiger partial charge < -0.3 is 5.32 Å². The second-order valence-corrected chi connectivity index (χ2v) is 6.64. The van der Waals surface area contributed by atoms with Crippen LogP contribution >= 0.6 is 27.3 Å². The van der Waals surface area contributed by atoms with Crippen molar-refractivity contribution in [1.82, 2.24) is 9.38 Å². The highest BCUT2D eigenvalue weighted by Gasteiger charge is 2.09. The molecule has 0 amide bonds. The van der Waals surface area contributed by atoms with Gasteiger partial charge in [0.2, 0.25) is 0 Å². The van der Waals surface area contributed by atoms with E-state index in [1.807, 2.05) is 0 Å². The van der Waals surface area contributed by atoms with Crippen LogP contribution in [0.15, 0.2) is 28.2 Å². The van der Waals surface area contributed by atoms with Crippen LogP contribution in [0.4, 0.5) is 5.69 Å². The zero-order valence-electron chi connectivity index (χ0n) is 11.7. The quantitative estimate of drug-likeness (QED) is 0.742. The molecule has 0 aliphatic carbocycles. The first-order valence-electron chi connectivity index (χ1n) is 6.48. The Hall–Kier alpha value is -1.33. The third-order valence-electron chi connectivity index (χ3n) is 3.46. The van der Waals surface area contributed by atoms with Gasteiger partial charge in [-0.15, -0.1) is 11.3 Å². The molecule has 0 saturated carbocycles. The first kappa shape index (κ1) is 13.6. The van der Waals surface area contributed by atoms with Crippen LogP contribution in [0, 0.1) is 20.8 Å². The summed E-state index contributed by atoms with van der Waals surface area (Å²) >= 11 is 5.27. The van der Waals surface area contributed by atoms with Gasteiger partial charge in [0.05, 0.1) is 17.9 Å². The Labute approximate surface area is 130 Å². The standard InChI is InChI=1S/C15H16BrN3S/c1-9-6-12(7-10(2)14(9)16)17-8-13-11(3)18-15-19(13)4-5-20-15/h4-7,17H,8H2,1-3H3. The number of hydrogen-bond donors (Lipinski definition) is 1. The van der Waals surface area contributed by atoms with Gasteiger partial charge in [0, 0.05) is 21.7 Å². The molecule has 104 valence electrons. The van der Waals surface area contributed by atoms with E-state index in [0.717, 1.165) is 22.9 Å². The van der Waals surface area contributed by atoms with Crippen molar-refractivity contribution in [1.29, 1.82) is 0 Å². The molecule has 5 heteroatoms. The molecule has 0 bridgehead atoms. The second-order valence-electron chi connectivity index (χ2n) is 4.98. The number of halogens is 1. The lowest BCUT2D eigenvalue weighted by Crippen LogP contribution is -2.04. The van der Waals surface area contributed by atoms with Crippen molar-refractivity contribution in [3.63, 3.8) is 0 Å². The summed E-state index contributed by atoms with van der Waals surface area (Å²) in [6, 6.07) is 4.33. The molecule has 2 heterocycles. The molecule has 0 atom stereocenters. The average Bonchev–Trinajstić information content (AvgIpc) is 2.94. The number of nitrogens with zero attached hydrogens (tertiary/aromatic N) is 2. The van der Waals surface area contributed by atoms with Crippen molar-refractivity contribution >= 4 is 37.9 Å². The van der Waals surface area contributed by atoms with Gasteiger partial charge >= 0.3 is 0 Å².